The van der Waals surface area contributed by atoms with Crippen molar-refractivity contribution >= 4 is 5.96 Å². The molecule has 1 unspecified atom stereocenters. The average Bonchev–Trinajstić information content (AvgIpc) is 2.81. The molecule has 1 N–H and O–H groups in total. The van der Waals surface area contributed by atoms with Crippen molar-refractivity contribution in [1.82, 2.24) is 24.9 Å². The van der Waals surface area contributed by atoms with E-state index in [1.807, 2.05) is 0 Å². The van der Waals surface area contributed by atoms with E-state index in [1.165, 1.54) is 38.3 Å². The number of hydrogen-bond donors (Lipinski definition) is 1. The van der Waals surface area contributed by atoms with Gasteiger partial charge in [-0.1, -0.05) is 44.2 Å². The van der Waals surface area contributed by atoms with E-state index in [9.17, 15) is 0 Å². The van der Waals surface area contributed by atoms with Gasteiger partial charge < -0.3 is 15.1 Å². The van der Waals surface area contributed by atoms with Crippen molar-refractivity contribution in [2.24, 2.45) is 4.99 Å². The summed E-state index contributed by atoms with van der Waals surface area (Å²) in [7, 11) is 0. The predicted molar refractivity (Wildman–Crippen MR) is 127 cm³/mol. The van der Waals surface area contributed by atoms with Crippen LogP contribution in [-0.2, 0) is 0 Å². The number of nitrogens with zero attached hydrogens (tertiary/aromatic N) is 5. The minimum absolute atomic E-state index is 0.523. The van der Waals surface area contributed by atoms with E-state index in [0.717, 1.165) is 58.2 Å². The van der Waals surface area contributed by atoms with Gasteiger partial charge >= 0.3 is 0 Å². The van der Waals surface area contributed by atoms with Gasteiger partial charge in [-0.05, 0) is 25.5 Å². The molecule has 0 saturated carbocycles. The third kappa shape index (κ3) is 6.43. The largest absolute Gasteiger partial charge is 0.357 e. The first-order valence-electron chi connectivity index (χ1n) is 12.0. The van der Waals surface area contributed by atoms with Crippen LogP contribution in [0.1, 0.15) is 38.8 Å². The molecule has 0 amide bonds. The Balaban J connectivity index is 1.49. The van der Waals surface area contributed by atoms with Gasteiger partial charge in [-0.15, -0.1) is 0 Å². The fraction of sp³-hybridized carbons (Fsp3) is 0.708. The van der Waals surface area contributed by atoms with Gasteiger partial charge in [0.15, 0.2) is 5.96 Å². The van der Waals surface area contributed by atoms with Crippen molar-refractivity contribution < 1.29 is 0 Å². The lowest BCUT2D eigenvalue weighted by Gasteiger charge is -2.40. The van der Waals surface area contributed by atoms with Crippen molar-refractivity contribution in [3.05, 3.63) is 35.9 Å². The Kier molecular flexibility index (Phi) is 9.43. The molecule has 6 nitrogen and oxygen atoms in total. The van der Waals surface area contributed by atoms with E-state index in [1.54, 1.807) is 0 Å². The molecule has 30 heavy (non-hydrogen) atoms. The van der Waals surface area contributed by atoms with Crippen LogP contribution in [0.4, 0.5) is 0 Å². The molecule has 0 aliphatic carbocycles. The average molecular weight is 415 g/mol. The Morgan fingerprint density at radius 2 is 1.57 bits per heavy atom. The number of likely N-dealkylation sites (N-methyl/N-ethyl adjacent to an activating group) is 1. The van der Waals surface area contributed by atoms with Crippen LogP contribution in [0.25, 0.3) is 0 Å². The van der Waals surface area contributed by atoms with Crippen molar-refractivity contribution in [2.75, 3.05) is 78.5 Å². The Labute approximate surface area is 183 Å². The van der Waals surface area contributed by atoms with Crippen molar-refractivity contribution in [1.29, 1.82) is 0 Å². The lowest BCUT2D eigenvalue weighted by atomic mass is 10.0. The molecule has 1 atom stereocenters. The van der Waals surface area contributed by atoms with Crippen LogP contribution in [-0.4, -0.2) is 104 Å². The second-order valence-corrected chi connectivity index (χ2v) is 8.37. The Morgan fingerprint density at radius 3 is 2.17 bits per heavy atom. The molecule has 2 fully saturated rings. The molecule has 168 valence electrons. The van der Waals surface area contributed by atoms with Crippen LogP contribution in [0.5, 0.6) is 0 Å². The van der Waals surface area contributed by atoms with Gasteiger partial charge in [-0.25, -0.2) is 0 Å². The van der Waals surface area contributed by atoms with Crippen LogP contribution >= 0.6 is 0 Å². The first-order valence-corrected chi connectivity index (χ1v) is 12.0. The summed E-state index contributed by atoms with van der Waals surface area (Å²) in [5.74, 6) is 1.09. The second-order valence-electron chi connectivity index (χ2n) is 8.37. The first-order chi connectivity index (χ1) is 14.7. The number of nitrogens with one attached hydrogen (secondary N) is 1. The molecule has 6 heteroatoms. The van der Waals surface area contributed by atoms with Crippen LogP contribution < -0.4 is 5.32 Å². The summed E-state index contributed by atoms with van der Waals surface area (Å²) in [5, 5.41) is 3.53. The highest BCUT2D eigenvalue weighted by atomic mass is 15.4. The summed E-state index contributed by atoms with van der Waals surface area (Å²) < 4.78 is 0. The summed E-state index contributed by atoms with van der Waals surface area (Å²) in [5.41, 5.74) is 1.44. The molecule has 0 spiro atoms. The second kappa shape index (κ2) is 12.3. The van der Waals surface area contributed by atoms with Gasteiger partial charge in [0.2, 0.25) is 0 Å². The molecule has 0 bridgehead atoms. The van der Waals surface area contributed by atoms with E-state index in [2.05, 4.69) is 76.0 Å². The van der Waals surface area contributed by atoms with Gasteiger partial charge in [-0.2, -0.15) is 0 Å². The number of rotatable bonds is 8. The fourth-order valence-corrected chi connectivity index (χ4v) is 4.68. The van der Waals surface area contributed by atoms with Gasteiger partial charge in [0, 0.05) is 71.5 Å². The quantitative estimate of drug-likeness (QED) is 0.522. The van der Waals surface area contributed by atoms with E-state index >= 15 is 0 Å². The van der Waals surface area contributed by atoms with Crippen molar-refractivity contribution in [3.63, 3.8) is 0 Å². The first kappa shape index (κ1) is 23.0. The van der Waals surface area contributed by atoms with E-state index in [4.69, 9.17) is 4.99 Å². The molecule has 2 saturated heterocycles. The van der Waals surface area contributed by atoms with Crippen molar-refractivity contribution in [2.45, 2.75) is 33.2 Å². The molecule has 0 aromatic heterocycles. The zero-order valence-electron chi connectivity index (χ0n) is 19.4. The number of guanidine groups is 1. The van der Waals surface area contributed by atoms with Crippen LogP contribution in [0.3, 0.4) is 0 Å². The third-order valence-corrected chi connectivity index (χ3v) is 6.55. The molecular weight excluding hydrogens is 372 g/mol. The maximum atomic E-state index is 4.98. The van der Waals surface area contributed by atoms with Crippen LogP contribution in [0, 0.1) is 0 Å². The van der Waals surface area contributed by atoms with Crippen LogP contribution in [0.15, 0.2) is 35.3 Å². The highest BCUT2D eigenvalue weighted by molar-refractivity contribution is 5.80. The van der Waals surface area contributed by atoms with E-state index in [0.29, 0.717) is 6.04 Å². The predicted octanol–water partition coefficient (Wildman–Crippen LogP) is 2.36. The molecule has 2 aliphatic heterocycles. The highest BCUT2D eigenvalue weighted by Crippen LogP contribution is 2.25. The molecule has 1 aromatic rings. The Hall–Kier alpha value is -1.63. The smallest absolute Gasteiger partial charge is 0.194 e. The molecule has 0 radical (unpaired) electrons. The summed E-state index contributed by atoms with van der Waals surface area (Å²) in [6.45, 7) is 19.8. The molecule has 2 heterocycles. The van der Waals surface area contributed by atoms with Gasteiger partial charge in [0.25, 0.3) is 0 Å². The number of piperazine rings is 2. The molecule has 2 aliphatic rings. The lowest BCUT2D eigenvalue weighted by Crippen LogP contribution is -2.53. The molecule has 3 rings (SSSR count). The third-order valence-electron chi connectivity index (χ3n) is 6.55. The topological polar surface area (TPSA) is 37.4 Å². The van der Waals surface area contributed by atoms with Gasteiger partial charge in [0.05, 0.1) is 6.54 Å². The van der Waals surface area contributed by atoms with E-state index < -0.39 is 0 Å². The summed E-state index contributed by atoms with van der Waals surface area (Å²) in [6.07, 6.45) is 1.16. The standard InChI is InChI=1S/C24H42N6/c1-4-23(22-10-8-7-9-11-22)29-18-20-30(21-19-29)24(25-5-2)26-12-13-28-16-14-27(6-3)15-17-28/h7-11,23H,4-6,12-21H2,1-3H3,(H,25,26). The van der Waals surface area contributed by atoms with E-state index in [-0.39, 0.29) is 0 Å². The summed E-state index contributed by atoms with van der Waals surface area (Å²) in [6, 6.07) is 11.5. The van der Waals surface area contributed by atoms with Gasteiger partial charge in [0.1, 0.15) is 0 Å². The monoisotopic (exact) mass is 414 g/mol. The lowest BCUT2D eigenvalue weighted by molar-refractivity contribution is 0.126. The van der Waals surface area contributed by atoms with Gasteiger partial charge in [-0.3, -0.25) is 14.8 Å². The fourth-order valence-electron chi connectivity index (χ4n) is 4.68. The highest BCUT2D eigenvalue weighted by Gasteiger charge is 2.25. The Bertz CT molecular complexity index is 618. The number of benzene rings is 1. The number of aliphatic imine (C=N–C) groups is 1. The molecular formula is C24H42N6. The maximum absolute atomic E-state index is 4.98. The zero-order valence-corrected chi connectivity index (χ0v) is 19.4. The maximum Gasteiger partial charge on any atom is 0.194 e. The number of hydrogen-bond acceptors (Lipinski definition) is 4. The summed E-state index contributed by atoms with van der Waals surface area (Å²) >= 11 is 0. The SMILES string of the molecule is CCNC(=NCCN1CCN(CC)CC1)N1CCN(C(CC)c2ccccc2)CC1. The Morgan fingerprint density at radius 1 is 0.900 bits per heavy atom. The minimum Gasteiger partial charge on any atom is -0.357 e. The van der Waals surface area contributed by atoms with Crippen molar-refractivity contribution in [3.8, 4) is 0 Å². The zero-order chi connectivity index (χ0) is 21.2. The van der Waals surface area contributed by atoms with Crippen LogP contribution in [0.2, 0.25) is 0 Å². The normalized spacial score (nSPS) is 21.0. The molecule has 1 aromatic carbocycles. The minimum atomic E-state index is 0.523. The summed E-state index contributed by atoms with van der Waals surface area (Å²) in [4.78, 5) is 15.2.